The van der Waals surface area contributed by atoms with Crippen LogP contribution in [-0.2, 0) is 11.3 Å². The third-order valence-corrected chi connectivity index (χ3v) is 6.19. The predicted molar refractivity (Wildman–Crippen MR) is 118 cm³/mol. The molecular weight excluding hydrogens is 436 g/mol. The summed E-state index contributed by atoms with van der Waals surface area (Å²) in [5, 5.41) is 5.40. The van der Waals surface area contributed by atoms with Gasteiger partial charge in [-0.3, -0.25) is 0 Å². The van der Waals surface area contributed by atoms with Gasteiger partial charge in [-0.1, -0.05) is 15.9 Å². The smallest absolute Gasteiger partial charge is 0.140 e. The molecule has 0 aliphatic rings. The van der Waals surface area contributed by atoms with Gasteiger partial charge in [0.15, 0.2) is 0 Å². The van der Waals surface area contributed by atoms with Gasteiger partial charge in [-0.25, -0.2) is 9.97 Å². The maximum atomic E-state index is 5.24. The average molecular weight is 453 g/mol. The first kappa shape index (κ1) is 17.6. The van der Waals surface area contributed by atoms with E-state index in [-0.39, 0.29) is 0 Å². The first-order valence-electron chi connectivity index (χ1n) is 8.90. The van der Waals surface area contributed by atoms with Crippen LogP contribution in [0.3, 0.4) is 0 Å². The van der Waals surface area contributed by atoms with Gasteiger partial charge in [0.25, 0.3) is 0 Å². The topological polar surface area (TPSA) is 55.7 Å². The predicted octanol–water partition coefficient (Wildman–Crippen LogP) is 5.72. The lowest BCUT2D eigenvalue weighted by Crippen LogP contribution is -2.03. The number of H-pyrrole nitrogens is 1. The van der Waals surface area contributed by atoms with E-state index >= 15 is 0 Å². The van der Waals surface area contributed by atoms with E-state index in [1.54, 1.807) is 18.4 Å². The Bertz CT molecular complexity index is 1290. The molecule has 0 aliphatic heterocycles. The molecule has 28 heavy (non-hydrogen) atoms. The minimum atomic E-state index is 0.645. The van der Waals surface area contributed by atoms with Crippen LogP contribution in [0.1, 0.15) is 0 Å². The molecule has 0 saturated carbocycles. The van der Waals surface area contributed by atoms with Crippen molar-refractivity contribution >= 4 is 49.2 Å². The molecule has 4 aromatic heterocycles. The number of hydrogen-bond donors (Lipinski definition) is 1. The van der Waals surface area contributed by atoms with Crippen molar-refractivity contribution in [1.29, 1.82) is 0 Å². The minimum Gasteiger partial charge on any atom is -0.383 e. The molecule has 0 amide bonds. The van der Waals surface area contributed by atoms with Gasteiger partial charge in [0.1, 0.15) is 10.7 Å². The van der Waals surface area contributed by atoms with Crippen molar-refractivity contribution in [1.82, 2.24) is 19.5 Å². The van der Waals surface area contributed by atoms with E-state index in [1.165, 1.54) is 5.39 Å². The normalized spacial score (nSPS) is 11.6. The van der Waals surface area contributed by atoms with Crippen molar-refractivity contribution in [3.63, 3.8) is 0 Å². The molecule has 0 atom stereocenters. The Morgan fingerprint density at radius 2 is 2.14 bits per heavy atom. The van der Waals surface area contributed by atoms with Gasteiger partial charge < -0.3 is 14.3 Å². The van der Waals surface area contributed by atoms with Gasteiger partial charge in [-0.15, -0.1) is 11.3 Å². The lowest BCUT2D eigenvalue weighted by molar-refractivity contribution is 0.188. The number of pyridine rings is 1. The molecule has 0 saturated heterocycles. The molecule has 4 heterocycles. The summed E-state index contributed by atoms with van der Waals surface area (Å²) in [6.45, 7) is 1.41. The van der Waals surface area contributed by atoms with Crippen molar-refractivity contribution in [3.05, 3.63) is 58.8 Å². The Kier molecular flexibility index (Phi) is 4.50. The van der Waals surface area contributed by atoms with Crippen molar-refractivity contribution in [2.24, 2.45) is 0 Å². The molecule has 0 aliphatic carbocycles. The van der Waals surface area contributed by atoms with Gasteiger partial charge in [0.2, 0.25) is 0 Å². The number of thiazole rings is 1. The summed E-state index contributed by atoms with van der Waals surface area (Å²) in [6, 6.07) is 10.3. The Labute approximate surface area is 174 Å². The first-order valence-corrected chi connectivity index (χ1v) is 10.6. The third kappa shape index (κ3) is 2.96. The first-order chi connectivity index (χ1) is 13.7. The van der Waals surface area contributed by atoms with Crippen LogP contribution in [0.15, 0.2) is 58.8 Å². The fourth-order valence-corrected chi connectivity index (χ4v) is 4.69. The number of hydrogen-bond acceptors (Lipinski definition) is 4. The van der Waals surface area contributed by atoms with Crippen molar-refractivity contribution in [2.45, 2.75) is 6.54 Å². The molecule has 140 valence electrons. The van der Waals surface area contributed by atoms with Crippen LogP contribution in [0.4, 0.5) is 0 Å². The number of halogens is 1. The number of aromatic amines is 1. The highest BCUT2D eigenvalue weighted by atomic mass is 79.9. The number of ether oxygens (including phenoxy) is 1. The van der Waals surface area contributed by atoms with E-state index < -0.39 is 0 Å². The van der Waals surface area contributed by atoms with E-state index in [4.69, 9.17) is 9.72 Å². The molecule has 0 radical (unpaired) electrons. The van der Waals surface area contributed by atoms with Crippen molar-refractivity contribution < 1.29 is 4.74 Å². The minimum absolute atomic E-state index is 0.645. The zero-order valence-electron chi connectivity index (χ0n) is 15.1. The van der Waals surface area contributed by atoms with Crippen molar-refractivity contribution in [3.8, 4) is 21.8 Å². The SMILES string of the molecule is COCCn1cc(-c2csc(-c3c[nH]c4ccc(Br)cc34)n2)c2cccnc21. The Morgan fingerprint density at radius 1 is 1.21 bits per heavy atom. The summed E-state index contributed by atoms with van der Waals surface area (Å²) in [5.41, 5.74) is 5.26. The number of nitrogens with one attached hydrogen (secondary N) is 1. The molecular formula is C21H17BrN4OS. The average Bonchev–Trinajstić information content (AvgIpc) is 3.42. The summed E-state index contributed by atoms with van der Waals surface area (Å²) in [4.78, 5) is 12.9. The van der Waals surface area contributed by atoms with E-state index in [0.29, 0.717) is 6.61 Å². The van der Waals surface area contributed by atoms with Crippen molar-refractivity contribution in [2.75, 3.05) is 13.7 Å². The van der Waals surface area contributed by atoms with Gasteiger partial charge >= 0.3 is 0 Å². The maximum Gasteiger partial charge on any atom is 0.140 e. The maximum absolute atomic E-state index is 5.24. The number of rotatable bonds is 5. The summed E-state index contributed by atoms with van der Waals surface area (Å²) in [7, 11) is 1.71. The van der Waals surface area contributed by atoms with Gasteiger partial charge in [-0.05, 0) is 30.3 Å². The second-order valence-electron chi connectivity index (χ2n) is 6.53. The number of benzene rings is 1. The van der Waals surface area contributed by atoms with E-state index in [9.17, 15) is 0 Å². The lowest BCUT2D eigenvalue weighted by atomic mass is 10.1. The summed E-state index contributed by atoms with van der Waals surface area (Å²) >= 11 is 5.22. The molecule has 0 bridgehead atoms. The number of nitrogens with zero attached hydrogens (tertiary/aromatic N) is 3. The Hall–Kier alpha value is -2.48. The summed E-state index contributed by atoms with van der Waals surface area (Å²) < 4.78 is 8.44. The lowest BCUT2D eigenvalue weighted by Gasteiger charge is -2.02. The Morgan fingerprint density at radius 3 is 3.04 bits per heavy atom. The summed E-state index contributed by atoms with van der Waals surface area (Å²) in [6.07, 6.45) is 5.98. The molecule has 7 heteroatoms. The van der Waals surface area contributed by atoms with Crippen LogP contribution in [0.25, 0.3) is 43.8 Å². The highest BCUT2D eigenvalue weighted by Gasteiger charge is 2.16. The zero-order chi connectivity index (χ0) is 19.1. The second-order valence-corrected chi connectivity index (χ2v) is 8.31. The molecule has 1 N–H and O–H groups in total. The highest BCUT2D eigenvalue weighted by Crippen LogP contribution is 2.36. The zero-order valence-corrected chi connectivity index (χ0v) is 17.5. The molecule has 0 spiro atoms. The quantitative estimate of drug-likeness (QED) is 0.371. The van der Waals surface area contributed by atoms with Gasteiger partial charge in [0.05, 0.1) is 12.3 Å². The fourth-order valence-electron chi connectivity index (χ4n) is 3.48. The van der Waals surface area contributed by atoms with Gasteiger partial charge in [0, 0.05) is 69.5 Å². The summed E-state index contributed by atoms with van der Waals surface area (Å²) in [5.74, 6) is 0. The van der Waals surface area contributed by atoms with Crippen LogP contribution in [0.2, 0.25) is 0 Å². The number of aromatic nitrogens is 4. The van der Waals surface area contributed by atoms with Gasteiger partial charge in [-0.2, -0.15) is 0 Å². The molecule has 5 aromatic rings. The van der Waals surface area contributed by atoms with Crippen LogP contribution in [0, 0.1) is 0 Å². The molecule has 5 rings (SSSR count). The van der Waals surface area contributed by atoms with Crippen LogP contribution in [-0.4, -0.2) is 33.2 Å². The molecule has 0 fully saturated rings. The standard InChI is InChI=1S/C21H17BrN4OS/c1-27-8-7-26-11-17(14-3-2-6-23-20(14)26)19-12-28-21(25-19)16-10-24-18-5-4-13(22)9-15(16)18/h2-6,9-12,24H,7-8H2,1H3. The largest absolute Gasteiger partial charge is 0.383 e. The molecule has 0 unspecified atom stereocenters. The molecule has 1 aromatic carbocycles. The van der Waals surface area contributed by atoms with E-state index in [1.807, 2.05) is 24.5 Å². The fraction of sp³-hybridized carbons (Fsp3) is 0.143. The molecule has 5 nitrogen and oxygen atoms in total. The van der Waals surface area contributed by atoms with Crippen LogP contribution < -0.4 is 0 Å². The highest BCUT2D eigenvalue weighted by molar-refractivity contribution is 9.10. The Balaban J connectivity index is 1.60. The number of fused-ring (bicyclic) bond motifs is 2. The second kappa shape index (κ2) is 7.16. The van der Waals surface area contributed by atoms with E-state index in [2.05, 4.69) is 60.2 Å². The monoisotopic (exact) mass is 452 g/mol. The number of methoxy groups -OCH3 is 1. The van der Waals surface area contributed by atoms with E-state index in [0.717, 1.165) is 49.4 Å². The third-order valence-electron chi connectivity index (χ3n) is 4.82. The van der Waals surface area contributed by atoms with Crippen LogP contribution >= 0.6 is 27.3 Å². The van der Waals surface area contributed by atoms with Crippen LogP contribution in [0.5, 0.6) is 0 Å².